The largest absolute Gasteiger partial charge is 0.497 e. The monoisotopic (exact) mass is 335 g/mol. The number of ether oxygens (including phenoxy) is 2. The van der Waals surface area contributed by atoms with Crippen molar-refractivity contribution in [1.29, 1.82) is 0 Å². The smallest absolute Gasteiger partial charge is 0.122 e. The molecule has 0 saturated heterocycles. The first-order valence-corrected chi connectivity index (χ1v) is 7.65. The third-order valence-electron chi connectivity index (χ3n) is 3.79. The summed E-state index contributed by atoms with van der Waals surface area (Å²) in [4.78, 5) is 0. The maximum Gasteiger partial charge on any atom is 0.122 e. The van der Waals surface area contributed by atoms with Gasteiger partial charge in [-0.3, -0.25) is 0 Å². The summed E-state index contributed by atoms with van der Waals surface area (Å²) in [5, 5.41) is 3.64. The summed E-state index contributed by atoms with van der Waals surface area (Å²) < 4.78 is 10.7. The SMILES string of the molecule is COc1cc(C[C@@H](C)N[C@@H](C)c2ccccc2)cc(OC)c1.Cl. The minimum atomic E-state index is 0. The van der Waals surface area contributed by atoms with Gasteiger partial charge in [0.25, 0.3) is 0 Å². The predicted molar refractivity (Wildman–Crippen MR) is 98.0 cm³/mol. The van der Waals surface area contributed by atoms with Crippen LogP contribution < -0.4 is 14.8 Å². The lowest BCUT2D eigenvalue weighted by Crippen LogP contribution is -2.30. The van der Waals surface area contributed by atoms with Crippen molar-refractivity contribution in [3.05, 3.63) is 59.7 Å². The van der Waals surface area contributed by atoms with Gasteiger partial charge in [-0.1, -0.05) is 30.3 Å². The average molecular weight is 336 g/mol. The lowest BCUT2D eigenvalue weighted by molar-refractivity contribution is 0.392. The highest BCUT2D eigenvalue weighted by atomic mass is 35.5. The van der Waals surface area contributed by atoms with Crippen molar-refractivity contribution in [2.24, 2.45) is 0 Å². The summed E-state index contributed by atoms with van der Waals surface area (Å²) >= 11 is 0. The number of benzene rings is 2. The Morgan fingerprint density at radius 1 is 0.913 bits per heavy atom. The fraction of sp³-hybridized carbons (Fsp3) is 0.368. The predicted octanol–water partition coefficient (Wildman–Crippen LogP) is 4.41. The first-order valence-electron chi connectivity index (χ1n) is 7.65. The topological polar surface area (TPSA) is 30.5 Å². The van der Waals surface area contributed by atoms with Gasteiger partial charge < -0.3 is 14.8 Å². The quantitative estimate of drug-likeness (QED) is 0.813. The van der Waals surface area contributed by atoms with Crippen molar-refractivity contribution in [2.45, 2.75) is 32.4 Å². The van der Waals surface area contributed by atoms with Crippen LogP contribution in [0, 0.1) is 0 Å². The van der Waals surface area contributed by atoms with Gasteiger partial charge in [0.05, 0.1) is 14.2 Å². The first-order chi connectivity index (χ1) is 10.6. The summed E-state index contributed by atoms with van der Waals surface area (Å²) in [6, 6.07) is 17.2. The minimum absolute atomic E-state index is 0. The second kappa shape index (κ2) is 9.43. The molecule has 2 rings (SSSR count). The Balaban J connectivity index is 0.00000264. The number of nitrogens with one attached hydrogen (secondary N) is 1. The van der Waals surface area contributed by atoms with Crippen LogP contribution in [-0.2, 0) is 6.42 Å². The summed E-state index contributed by atoms with van der Waals surface area (Å²) in [6.07, 6.45) is 0.921. The summed E-state index contributed by atoms with van der Waals surface area (Å²) in [7, 11) is 3.36. The normalized spacial score (nSPS) is 12.9. The zero-order chi connectivity index (χ0) is 15.9. The Morgan fingerprint density at radius 2 is 1.48 bits per heavy atom. The van der Waals surface area contributed by atoms with Gasteiger partial charge in [-0.2, -0.15) is 0 Å². The van der Waals surface area contributed by atoms with Crippen molar-refractivity contribution in [3.8, 4) is 11.5 Å². The number of methoxy groups -OCH3 is 2. The van der Waals surface area contributed by atoms with Crippen LogP contribution in [0.3, 0.4) is 0 Å². The molecule has 0 bridgehead atoms. The number of hydrogen-bond acceptors (Lipinski definition) is 3. The van der Waals surface area contributed by atoms with E-state index >= 15 is 0 Å². The Kier molecular flexibility index (Phi) is 7.93. The van der Waals surface area contributed by atoms with Crippen LogP contribution in [0.5, 0.6) is 11.5 Å². The maximum atomic E-state index is 5.33. The second-order valence-corrected chi connectivity index (χ2v) is 5.63. The molecular formula is C19H26ClNO2. The van der Waals surface area contributed by atoms with Crippen LogP contribution in [0.2, 0.25) is 0 Å². The van der Waals surface area contributed by atoms with Crippen LogP contribution in [-0.4, -0.2) is 20.3 Å². The minimum Gasteiger partial charge on any atom is -0.497 e. The van der Waals surface area contributed by atoms with Gasteiger partial charge >= 0.3 is 0 Å². The standard InChI is InChI=1S/C19H25NO2.ClH/c1-14(20-15(2)17-8-6-5-7-9-17)10-16-11-18(21-3)13-19(12-16)22-4;/h5-9,11-15,20H,10H2,1-4H3;1H/t14-,15+;/m1./s1. The van der Waals surface area contributed by atoms with E-state index in [1.807, 2.05) is 12.1 Å². The Morgan fingerprint density at radius 3 is 2.00 bits per heavy atom. The van der Waals surface area contributed by atoms with Gasteiger partial charge in [0.2, 0.25) is 0 Å². The molecule has 0 spiro atoms. The summed E-state index contributed by atoms with van der Waals surface area (Å²) in [6.45, 7) is 4.39. The number of halogens is 1. The molecule has 0 aromatic heterocycles. The maximum absolute atomic E-state index is 5.33. The molecule has 0 heterocycles. The molecule has 0 fully saturated rings. The van der Waals surface area contributed by atoms with E-state index in [0.29, 0.717) is 12.1 Å². The zero-order valence-corrected chi connectivity index (χ0v) is 15.0. The first kappa shape index (κ1) is 19.3. The third-order valence-corrected chi connectivity index (χ3v) is 3.79. The Labute approximate surface area is 145 Å². The summed E-state index contributed by atoms with van der Waals surface area (Å²) in [5.74, 6) is 1.66. The van der Waals surface area contributed by atoms with Gasteiger partial charge in [-0.05, 0) is 43.5 Å². The van der Waals surface area contributed by atoms with E-state index < -0.39 is 0 Å². The average Bonchev–Trinajstić information content (AvgIpc) is 2.55. The van der Waals surface area contributed by atoms with Gasteiger partial charge in [-0.25, -0.2) is 0 Å². The fourth-order valence-electron chi connectivity index (χ4n) is 2.66. The molecule has 2 atom stereocenters. The lowest BCUT2D eigenvalue weighted by Gasteiger charge is -2.21. The summed E-state index contributed by atoms with van der Waals surface area (Å²) in [5.41, 5.74) is 2.51. The van der Waals surface area contributed by atoms with E-state index in [9.17, 15) is 0 Å². The highest BCUT2D eigenvalue weighted by Crippen LogP contribution is 2.23. The van der Waals surface area contributed by atoms with Gasteiger partial charge in [-0.15, -0.1) is 12.4 Å². The molecule has 1 N–H and O–H groups in total. The highest BCUT2D eigenvalue weighted by molar-refractivity contribution is 5.85. The van der Waals surface area contributed by atoms with Gasteiger partial charge in [0.15, 0.2) is 0 Å². The van der Waals surface area contributed by atoms with Gasteiger partial charge in [0.1, 0.15) is 11.5 Å². The molecule has 0 unspecified atom stereocenters. The molecular weight excluding hydrogens is 310 g/mol. The molecule has 0 aliphatic heterocycles. The zero-order valence-electron chi connectivity index (χ0n) is 14.2. The molecule has 126 valence electrons. The Hall–Kier alpha value is -1.71. The molecule has 0 saturated carbocycles. The van der Waals surface area contributed by atoms with E-state index in [-0.39, 0.29) is 12.4 Å². The van der Waals surface area contributed by atoms with Crippen molar-refractivity contribution >= 4 is 12.4 Å². The third kappa shape index (κ3) is 5.77. The molecule has 0 aliphatic rings. The van der Waals surface area contributed by atoms with Gasteiger partial charge in [0, 0.05) is 18.2 Å². The highest BCUT2D eigenvalue weighted by Gasteiger charge is 2.11. The molecule has 0 aliphatic carbocycles. The van der Waals surface area contributed by atoms with Crippen LogP contribution >= 0.6 is 12.4 Å². The number of rotatable bonds is 7. The van der Waals surface area contributed by atoms with E-state index in [1.165, 1.54) is 11.1 Å². The van der Waals surface area contributed by atoms with Crippen molar-refractivity contribution in [2.75, 3.05) is 14.2 Å². The van der Waals surface area contributed by atoms with Crippen LogP contribution in [0.15, 0.2) is 48.5 Å². The van der Waals surface area contributed by atoms with E-state index in [4.69, 9.17) is 9.47 Å². The molecule has 4 heteroatoms. The van der Waals surface area contributed by atoms with Crippen LogP contribution in [0.25, 0.3) is 0 Å². The molecule has 0 radical (unpaired) electrons. The fourth-order valence-corrected chi connectivity index (χ4v) is 2.66. The van der Waals surface area contributed by atoms with E-state index in [2.05, 4.69) is 55.6 Å². The second-order valence-electron chi connectivity index (χ2n) is 5.63. The van der Waals surface area contributed by atoms with Crippen molar-refractivity contribution < 1.29 is 9.47 Å². The Bertz CT molecular complexity index is 567. The molecule has 3 nitrogen and oxygen atoms in total. The van der Waals surface area contributed by atoms with Crippen molar-refractivity contribution in [3.63, 3.8) is 0 Å². The van der Waals surface area contributed by atoms with Crippen molar-refractivity contribution in [1.82, 2.24) is 5.32 Å². The molecule has 2 aromatic rings. The van der Waals surface area contributed by atoms with E-state index in [1.54, 1.807) is 14.2 Å². The van der Waals surface area contributed by atoms with Crippen LogP contribution in [0.1, 0.15) is 31.0 Å². The molecule has 0 amide bonds. The lowest BCUT2D eigenvalue weighted by atomic mass is 10.0. The molecule has 2 aromatic carbocycles. The van der Waals surface area contributed by atoms with E-state index in [0.717, 1.165) is 17.9 Å². The number of hydrogen-bond donors (Lipinski definition) is 1. The van der Waals surface area contributed by atoms with Crippen LogP contribution in [0.4, 0.5) is 0 Å². The molecule has 23 heavy (non-hydrogen) atoms.